The lowest BCUT2D eigenvalue weighted by molar-refractivity contribution is -0.384. The van der Waals surface area contributed by atoms with Crippen LogP contribution in [0, 0.1) is 15.9 Å². The van der Waals surface area contributed by atoms with Gasteiger partial charge in [0, 0.05) is 17.8 Å². The van der Waals surface area contributed by atoms with Gasteiger partial charge in [0.15, 0.2) is 6.10 Å². The van der Waals surface area contributed by atoms with Crippen molar-refractivity contribution in [2.45, 2.75) is 13.0 Å². The van der Waals surface area contributed by atoms with Crippen LogP contribution in [0.15, 0.2) is 36.4 Å². The van der Waals surface area contributed by atoms with Gasteiger partial charge in [-0.15, -0.1) is 0 Å². The molecule has 1 atom stereocenters. The van der Waals surface area contributed by atoms with Crippen LogP contribution < -0.4 is 10.1 Å². The van der Waals surface area contributed by atoms with Gasteiger partial charge in [0.2, 0.25) is 0 Å². The van der Waals surface area contributed by atoms with E-state index in [1.165, 1.54) is 31.2 Å². The van der Waals surface area contributed by atoms with Crippen LogP contribution in [0.2, 0.25) is 10.0 Å². The highest BCUT2D eigenvalue weighted by Gasteiger charge is 2.18. The maximum atomic E-state index is 13.1. The number of non-ortho nitro benzene ring substituents is 1. The molecule has 0 heterocycles. The number of nitrogens with zero attached hydrogens (tertiary/aromatic N) is 1. The molecule has 2 aromatic rings. The minimum atomic E-state index is -0.951. The Kier molecular flexibility index (Phi) is 5.58. The van der Waals surface area contributed by atoms with Gasteiger partial charge in [-0.1, -0.05) is 23.2 Å². The van der Waals surface area contributed by atoms with Gasteiger partial charge in [-0.25, -0.2) is 4.39 Å². The minimum Gasteiger partial charge on any atom is -0.479 e. The summed E-state index contributed by atoms with van der Waals surface area (Å²) >= 11 is 11.5. The van der Waals surface area contributed by atoms with E-state index in [1.807, 2.05) is 0 Å². The first-order valence-corrected chi connectivity index (χ1v) is 7.40. The third-order valence-electron chi connectivity index (χ3n) is 2.99. The van der Waals surface area contributed by atoms with E-state index in [-0.39, 0.29) is 21.5 Å². The van der Waals surface area contributed by atoms with E-state index < -0.39 is 22.8 Å². The predicted octanol–water partition coefficient (Wildman–Crippen LogP) is 4.45. The number of amides is 1. The van der Waals surface area contributed by atoms with Gasteiger partial charge in [-0.05, 0) is 31.2 Å². The fourth-order valence-corrected chi connectivity index (χ4v) is 2.16. The van der Waals surface area contributed by atoms with Crippen LogP contribution >= 0.6 is 23.2 Å². The van der Waals surface area contributed by atoms with Crippen LogP contribution in [0.3, 0.4) is 0 Å². The number of carbonyl (C=O) groups excluding carboxylic acids is 1. The first-order chi connectivity index (χ1) is 11.3. The highest BCUT2D eigenvalue weighted by Crippen LogP contribution is 2.29. The highest BCUT2D eigenvalue weighted by molar-refractivity contribution is 6.32. The summed E-state index contributed by atoms with van der Waals surface area (Å²) in [5.74, 6) is -0.995. The number of anilines is 1. The fraction of sp³-hybridized carbons (Fsp3) is 0.133. The zero-order chi connectivity index (χ0) is 17.9. The first kappa shape index (κ1) is 18.0. The molecule has 2 rings (SSSR count). The molecule has 0 aliphatic carbocycles. The molecule has 0 fully saturated rings. The molecule has 0 aliphatic heterocycles. The lowest BCUT2D eigenvalue weighted by Gasteiger charge is -2.15. The normalized spacial score (nSPS) is 11.7. The second-order valence-corrected chi connectivity index (χ2v) is 5.56. The summed E-state index contributed by atoms with van der Waals surface area (Å²) in [6, 6.07) is 7.38. The molecule has 0 saturated heterocycles. The van der Waals surface area contributed by atoms with E-state index in [1.54, 1.807) is 0 Å². The lowest BCUT2D eigenvalue weighted by atomic mass is 10.2. The summed E-state index contributed by atoms with van der Waals surface area (Å²) in [6.07, 6.45) is -0.951. The first-order valence-electron chi connectivity index (χ1n) is 6.64. The Morgan fingerprint density at radius 2 is 1.96 bits per heavy atom. The quantitative estimate of drug-likeness (QED) is 0.620. The Hall–Kier alpha value is -2.38. The molecular weight excluding hydrogens is 362 g/mol. The van der Waals surface area contributed by atoms with E-state index >= 15 is 0 Å². The molecule has 126 valence electrons. The largest absolute Gasteiger partial charge is 0.479 e. The third kappa shape index (κ3) is 4.33. The fourth-order valence-electron chi connectivity index (χ4n) is 1.76. The van der Waals surface area contributed by atoms with Crippen molar-refractivity contribution in [3.63, 3.8) is 0 Å². The Morgan fingerprint density at radius 1 is 1.25 bits per heavy atom. The number of nitro groups is 1. The average Bonchev–Trinajstić information content (AvgIpc) is 2.52. The Bertz CT molecular complexity index is 801. The van der Waals surface area contributed by atoms with Crippen LogP contribution in [0.1, 0.15) is 6.92 Å². The molecule has 0 unspecified atom stereocenters. The number of nitro benzene ring substituents is 1. The summed E-state index contributed by atoms with van der Waals surface area (Å²) in [5.41, 5.74) is 0.113. The number of carbonyl (C=O) groups is 1. The van der Waals surface area contributed by atoms with Crippen molar-refractivity contribution in [2.75, 3.05) is 5.32 Å². The number of nitrogens with one attached hydrogen (secondary N) is 1. The van der Waals surface area contributed by atoms with Crippen LogP contribution in [0.5, 0.6) is 5.75 Å². The molecule has 0 aliphatic rings. The van der Waals surface area contributed by atoms with E-state index in [0.29, 0.717) is 5.69 Å². The van der Waals surface area contributed by atoms with Gasteiger partial charge in [-0.2, -0.15) is 0 Å². The summed E-state index contributed by atoms with van der Waals surface area (Å²) < 4.78 is 18.5. The zero-order valence-electron chi connectivity index (χ0n) is 12.3. The molecule has 0 aromatic heterocycles. The lowest BCUT2D eigenvalue weighted by Crippen LogP contribution is -2.30. The van der Waals surface area contributed by atoms with Gasteiger partial charge in [0.05, 0.1) is 15.0 Å². The maximum absolute atomic E-state index is 13.1. The van der Waals surface area contributed by atoms with Gasteiger partial charge >= 0.3 is 0 Å². The topological polar surface area (TPSA) is 81.5 Å². The molecule has 24 heavy (non-hydrogen) atoms. The highest BCUT2D eigenvalue weighted by atomic mass is 35.5. The van der Waals surface area contributed by atoms with Gasteiger partial charge in [-0.3, -0.25) is 14.9 Å². The number of hydrogen-bond acceptors (Lipinski definition) is 4. The molecule has 9 heteroatoms. The number of hydrogen-bond donors (Lipinski definition) is 1. The minimum absolute atomic E-state index is 0.00803. The third-order valence-corrected chi connectivity index (χ3v) is 3.57. The second-order valence-electron chi connectivity index (χ2n) is 4.75. The van der Waals surface area contributed by atoms with Crippen molar-refractivity contribution in [3.8, 4) is 5.75 Å². The van der Waals surface area contributed by atoms with E-state index in [4.69, 9.17) is 27.9 Å². The Labute approximate surface area is 146 Å². The number of rotatable bonds is 5. The van der Waals surface area contributed by atoms with E-state index in [9.17, 15) is 19.3 Å². The van der Waals surface area contributed by atoms with Crippen LogP contribution in [0.25, 0.3) is 0 Å². The van der Waals surface area contributed by atoms with Crippen molar-refractivity contribution < 1.29 is 18.8 Å². The molecule has 0 radical (unpaired) electrons. The summed E-state index contributed by atoms with van der Waals surface area (Å²) in [4.78, 5) is 22.1. The summed E-state index contributed by atoms with van der Waals surface area (Å²) in [6.45, 7) is 1.47. The molecule has 1 N–H and O–H groups in total. The van der Waals surface area contributed by atoms with E-state index in [2.05, 4.69) is 5.32 Å². The molecule has 2 aromatic carbocycles. The van der Waals surface area contributed by atoms with Crippen molar-refractivity contribution in [3.05, 3.63) is 62.4 Å². The van der Waals surface area contributed by atoms with Crippen molar-refractivity contribution in [2.24, 2.45) is 0 Å². The molecule has 6 nitrogen and oxygen atoms in total. The average molecular weight is 373 g/mol. The molecular formula is C15H11Cl2FN2O4. The van der Waals surface area contributed by atoms with Gasteiger partial charge in [0.25, 0.3) is 11.6 Å². The van der Waals surface area contributed by atoms with Crippen molar-refractivity contribution in [1.29, 1.82) is 0 Å². The smallest absolute Gasteiger partial charge is 0.271 e. The predicted molar refractivity (Wildman–Crippen MR) is 88.2 cm³/mol. The molecule has 0 spiro atoms. The number of ether oxygens (including phenoxy) is 1. The van der Waals surface area contributed by atoms with Gasteiger partial charge in [0.1, 0.15) is 11.6 Å². The summed E-state index contributed by atoms with van der Waals surface area (Å²) in [7, 11) is 0. The maximum Gasteiger partial charge on any atom is 0.271 e. The van der Waals surface area contributed by atoms with Crippen LogP contribution in [-0.4, -0.2) is 16.9 Å². The molecule has 1 amide bonds. The summed E-state index contributed by atoms with van der Waals surface area (Å²) in [5, 5.41) is 13.0. The number of halogens is 3. The van der Waals surface area contributed by atoms with Crippen LogP contribution in [-0.2, 0) is 4.79 Å². The molecule has 0 saturated carbocycles. The zero-order valence-corrected chi connectivity index (χ0v) is 13.8. The Morgan fingerprint density at radius 3 is 2.54 bits per heavy atom. The van der Waals surface area contributed by atoms with Crippen molar-refractivity contribution in [1.82, 2.24) is 0 Å². The van der Waals surface area contributed by atoms with Gasteiger partial charge < -0.3 is 10.1 Å². The Balaban J connectivity index is 2.06. The number of benzene rings is 2. The monoisotopic (exact) mass is 372 g/mol. The van der Waals surface area contributed by atoms with Crippen molar-refractivity contribution >= 4 is 40.5 Å². The van der Waals surface area contributed by atoms with E-state index in [0.717, 1.165) is 12.1 Å². The SMILES string of the molecule is C[C@@H](Oc1ccc([N+](=O)[O-])cc1Cl)C(=O)Nc1ccc(F)c(Cl)c1. The standard InChI is InChI=1S/C15H11Cl2FN2O4/c1-8(15(21)19-9-2-4-13(18)11(16)6-9)24-14-5-3-10(20(22)23)7-12(14)17/h2-8H,1H3,(H,19,21)/t8-/m1/s1. The second kappa shape index (κ2) is 7.46. The van der Waals surface area contributed by atoms with Crippen LogP contribution in [0.4, 0.5) is 15.8 Å². The molecule has 0 bridgehead atoms.